The predicted octanol–water partition coefficient (Wildman–Crippen LogP) is 2.73. The number of hydrogen-bond donors (Lipinski definition) is 1. The fourth-order valence-corrected chi connectivity index (χ4v) is 3.88. The molecule has 4 rings (SSSR count). The zero-order valence-corrected chi connectivity index (χ0v) is 15.5. The number of fused-ring (bicyclic) bond motifs is 1. The summed E-state index contributed by atoms with van der Waals surface area (Å²) < 4.78 is 12.8. The van der Waals surface area contributed by atoms with E-state index >= 15 is 0 Å². The van der Waals surface area contributed by atoms with Gasteiger partial charge in [0.1, 0.15) is 0 Å². The highest BCUT2D eigenvalue weighted by atomic mass is 16.7. The molecule has 0 bridgehead atoms. The Morgan fingerprint density at radius 2 is 2.04 bits per heavy atom. The van der Waals surface area contributed by atoms with Crippen molar-refractivity contribution in [3.05, 3.63) is 41.7 Å². The normalized spacial score (nSPS) is 18.7. The molecule has 1 aromatic carbocycles. The third-order valence-electron chi connectivity index (χ3n) is 5.20. The average molecular weight is 369 g/mol. The number of ether oxygens (including phenoxy) is 2. The van der Waals surface area contributed by atoms with Crippen LogP contribution in [0.4, 0.5) is 5.69 Å². The predicted molar refractivity (Wildman–Crippen MR) is 100 cm³/mol. The number of rotatable bonds is 5. The topological polar surface area (TPSA) is 72.8 Å². The van der Waals surface area contributed by atoms with Gasteiger partial charge in [-0.3, -0.25) is 14.5 Å². The van der Waals surface area contributed by atoms with Crippen LogP contribution in [-0.2, 0) is 11.8 Å². The van der Waals surface area contributed by atoms with Crippen LogP contribution in [0, 0.1) is 0 Å². The van der Waals surface area contributed by atoms with Crippen molar-refractivity contribution in [2.24, 2.45) is 7.05 Å². The van der Waals surface area contributed by atoms with Crippen LogP contribution >= 0.6 is 0 Å². The Morgan fingerprint density at radius 1 is 1.26 bits per heavy atom. The maximum atomic E-state index is 12.7. The van der Waals surface area contributed by atoms with Crippen molar-refractivity contribution in [1.82, 2.24) is 9.47 Å². The lowest BCUT2D eigenvalue weighted by molar-refractivity contribution is -0.117. The Morgan fingerprint density at radius 3 is 2.74 bits per heavy atom. The molecule has 0 spiro atoms. The number of amides is 1. The number of nitrogens with one attached hydrogen (secondary N) is 1. The fourth-order valence-electron chi connectivity index (χ4n) is 3.88. The quantitative estimate of drug-likeness (QED) is 0.821. The Balaban J connectivity index is 1.50. The summed E-state index contributed by atoms with van der Waals surface area (Å²) in [6.45, 7) is 2.75. The lowest BCUT2D eigenvalue weighted by atomic mass is 10.1. The van der Waals surface area contributed by atoms with Crippen LogP contribution in [0.25, 0.3) is 0 Å². The fraction of sp³-hybridized carbons (Fsp3) is 0.400. The second kappa shape index (κ2) is 7.08. The molecule has 7 heteroatoms. The smallest absolute Gasteiger partial charge is 0.238 e. The number of ketones is 1. The van der Waals surface area contributed by atoms with Gasteiger partial charge < -0.3 is 19.4 Å². The summed E-state index contributed by atoms with van der Waals surface area (Å²) in [7, 11) is 2.03. The largest absolute Gasteiger partial charge is 0.454 e. The minimum Gasteiger partial charge on any atom is -0.454 e. The summed E-state index contributed by atoms with van der Waals surface area (Å²) in [5, 5.41) is 2.89. The second-order valence-electron chi connectivity index (χ2n) is 7.03. The lowest BCUT2D eigenvalue weighted by Gasteiger charge is -2.24. The number of anilines is 1. The zero-order valence-electron chi connectivity index (χ0n) is 15.5. The summed E-state index contributed by atoms with van der Waals surface area (Å²) in [5.74, 6) is 0.795. The molecule has 0 radical (unpaired) electrons. The molecule has 7 nitrogen and oxygen atoms in total. The maximum Gasteiger partial charge on any atom is 0.238 e. The van der Waals surface area contributed by atoms with E-state index in [1.807, 2.05) is 19.3 Å². The minimum atomic E-state index is -0.141. The van der Waals surface area contributed by atoms with Gasteiger partial charge in [0.15, 0.2) is 17.3 Å². The van der Waals surface area contributed by atoms with Gasteiger partial charge in [-0.2, -0.15) is 0 Å². The number of Topliss-reactive ketones (excluding diaryl/α,β-unsaturated/α-hetero) is 1. The number of carbonyl (C=O) groups is 2. The number of aryl methyl sites for hydroxylation is 1. The van der Waals surface area contributed by atoms with Crippen molar-refractivity contribution in [2.75, 3.05) is 25.2 Å². The monoisotopic (exact) mass is 369 g/mol. The first-order chi connectivity index (χ1) is 13.0. The van der Waals surface area contributed by atoms with Crippen molar-refractivity contribution >= 4 is 17.4 Å². The first-order valence-corrected chi connectivity index (χ1v) is 9.12. The summed E-state index contributed by atoms with van der Waals surface area (Å²) in [4.78, 5) is 26.9. The number of aromatic nitrogens is 1. The molecule has 0 unspecified atom stereocenters. The molecule has 1 aromatic heterocycles. The molecular weight excluding hydrogens is 346 g/mol. The van der Waals surface area contributed by atoms with Crippen molar-refractivity contribution in [3.8, 4) is 11.5 Å². The summed E-state index contributed by atoms with van der Waals surface area (Å²) in [5.41, 5.74) is 2.10. The van der Waals surface area contributed by atoms with E-state index in [1.54, 1.807) is 12.1 Å². The van der Waals surface area contributed by atoms with Crippen molar-refractivity contribution in [2.45, 2.75) is 25.8 Å². The number of carbonyl (C=O) groups excluding carboxylic acids is 2. The molecule has 1 saturated heterocycles. The van der Waals surface area contributed by atoms with Gasteiger partial charge in [0.05, 0.1) is 18.3 Å². The SMILES string of the molecule is CC(=O)c1cc2c(cc1NC(=O)CN1CCC[C@H]1c1cccn1C)OCO2. The molecule has 3 heterocycles. The average Bonchev–Trinajstić information content (AvgIpc) is 3.34. The molecule has 27 heavy (non-hydrogen) atoms. The highest BCUT2D eigenvalue weighted by molar-refractivity contribution is 6.05. The Bertz CT molecular complexity index is 889. The van der Waals surface area contributed by atoms with Crippen LogP contribution in [0.15, 0.2) is 30.5 Å². The molecule has 0 saturated carbocycles. The van der Waals surface area contributed by atoms with Crippen molar-refractivity contribution in [3.63, 3.8) is 0 Å². The van der Waals surface area contributed by atoms with Gasteiger partial charge in [0.25, 0.3) is 0 Å². The molecule has 2 aromatic rings. The number of nitrogens with zero attached hydrogens (tertiary/aromatic N) is 2. The molecule has 1 amide bonds. The zero-order chi connectivity index (χ0) is 19.0. The second-order valence-corrected chi connectivity index (χ2v) is 7.03. The molecule has 2 aliphatic rings. The van der Waals surface area contributed by atoms with Crippen LogP contribution < -0.4 is 14.8 Å². The third-order valence-corrected chi connectivity index (χ3v) is 5.20. The van der Waals surface area contributed by atoms with E-state index in [2.05, 4.69) is 20.9 Å². The van der Waals surface area contributed by atoms with Gasteiger partial charge in [-0.15, -0.1) is 0 Å². The number of hydrogen-bond acceptors (Lipinski definition) is 5. The summed E-state index contributed by atoms with van der Waals surface area (Å²) >= 11 is 0. The van der Waals surface area contributed by atoms with E-state index in [4.69, 9.17) is 9.47 Å². The van der Waals surface area contributed by atoms with Gasteiger partial charge in [-0.05, 0) is 44.5 Å². The van der Waals surface area contributed by atoms with Crippen molar-refractivity contribution < 1.29 is 19.1 Å². The lowest BCUT2D eigenvalue weighted by Crippen LogP contribution is -2.33. The van der Waals surface area contributed by atoms with Gasteiger partial charge in [0, 0.05) is 30.6 Å². The highest BCUT2D eigenvalue weighted by Gasteiger charge is 2.29. The molecule has 142 valence electrons. The van der Waals surface area contributed by atoms with E-state index in [0.717, 1.165) is 19.4 Å². The van der Waals surface area contributed by atoms with E-state index < -0.39 is 0 Å². The van der Waals surface area contributed by atoms with E-state index in [9.17, 15) is 9.59 Å². The highest BCUT2D eigenvalue weighted by Crippen LogP contribution is 2.37. The molecule has 1 N–H and O–H groups in total. The van der Waals surface area contributed by atoms with Gasteiger partial charge in [0.2, 0.25) is 12.7 Å². The van der Waals surface area contributed by atoms with Gasteiger partial charge >= 0.3 is 0 Å². The van der Waals surface area contributed by atoms with Crippen molar-refractivity contribution in [1.29, 1.82) is 0 Å². The van der Waals surface area contributed by atoms with E-state index in [0.29, 0.717) is 22.7 Å². The first kappa shape index (κ1) is 17.6. The summed E-state index contributed by atoms with van der Waals surface area (Å²) in [6, 6.07) is 7.66. The molecule has 0 aliphatic carbocycles. The molecule has 2 aliphatic heterocycles. The van der Waals surface area contributed by atoms with Crippen LogP contribution in [0.5, 0.6) is 11.5 Å². The third kappa shape index (κ3) is 3.42. The maximum absolute atomic E-state index is 12.7. The van der Waals surface area contributed by atoms with Crippen LogP contribution in [0.3, 0.4) is 0 Å². The van der Waals surface area contributed by atoms with E-state index in [-0.39, 0.29) is 31.1 Å². The Labute approximate surface area is 157 Å². The van der Waals surface area contributed by atoms with Crippen LogP contribution in [0.1, 0.15) is 41.9 Å². The van der Waals surface area contributed by atoms with Crippen LogP contribution in [-0.4, -0.2) is 41.0 Å². The standard InChI is InChI=1S/C20H23N3O4/c1-13(24)14-9-18-19(27-12-26-18)10-15(14)21-20(25)11-23-8-4-6-17(23)16-5-3-7-22(16)2/h3,5,7,9-10,17H,4,6,8,11-12H2,1-2H3,(H,21,25)/t17-/m0/s1. The first-order valence-electron chi connectivity index (χ1n) is 9.12. The number of benzene rings is 1. The summed E-state index contributed by atoms with van der Waals surface area (Å²) in [6.07, 6.45) is 4.12. The van der Waals surface area contributed by atoms with Crippen LogP contribution in [0.2, 0.25) is 0 Å². The Kier molecular flexibility index (Phi) is 4.61. The van der Waals surface area contributed by atoms with Gasteiger partial charge in [-0.1, -0.05) is 0 Å². The molecule has 1 fully saturated rings. The minimum absolute atomic E-state index is 0.121. The molecule has 1 atom stereocenters. The van der Waals surface area contributed by atoms with Gasteiger partial charge in [-0.25, -0.2) is 0 Å². The molecular formula is C20H23N3O4. The number of likely N-dealkylation sites (tertiary alicyclic amines) is 1. The Hall–Kier alpha value is -2.80. The van der Waals surface area contributed by atoms with E-state index in [1.165, 1.54) is 12.6 Å².